The van der Waals surface area contributed by atoms with Gasteiger partial charge in [0.1, 0.15) is 0 Å². The molecule has 0 spiro atoms. The van der Waals surface area contributed by atoms with Crippen LogP contribution >= 0.6 is 0 Å². The van der Waals surface area contributed by atoms with Crippen LogP contribution in [0.1, 0.15) is 15.9 Å². The Morgan fingerprint density at radius 1 is 1.39 bits per heavy atom. The molecule has 3 N–H and O–H groups in total. The second kappa shape index (κ2) is 5.49. The van der Waals surface area contributed by atoms with Crippen molar-refractivity contribution in [3.8, 4) is 0 Å². The summed E-state index contributed by atoms with van der Waals surface area (Å²) in [5, 5.41) is 9.17. The van der Waals surface area contributed by atoms with E-state index in [-0.39, 0.29) is 5.56 Å². The van der Waals surface area contributed by atoms with Gasteiger partial charge in [-0.05, 0) is 11.6 Å². The highest BCUT2D eigenvalue weighted by molar-refractivity contribution is 7.85. The van der Waals surface area contributed by atoms with E-state index < -0.39 is 16.8 Å². The number of carboxylic acids is 1. The summed E-state index contributed by atoms with van der Waals surface area (Å²) in [6.07, 6.45) is 0. The quantitative estimate of drug-likeness (QED) is 0.781. The average molecular weight is 268 g/mol. The normalized spacial score (nSPS) is 17.8. The highest BCUT2D eigenvalue weighted by Crippen LogP contribution is 2.19. The topological polar surface area (TPSA) is 83.6 Å². The Morgan fingerprint density at radius 3 is 2.67 bits per heavy atom. The smallest absolute Gasteiger partial charge is 0.338 e. The number of hydrogen-bond donors (Lipinski definition) is 2. The minimum atomic E-state index is -0.997. The van der Waals surface area contributed by atoms with Gasteiger partial charge in [0, 0.05) is 47.6 Å². The minimum absolute atomic E-state index is 0.184. The summed E-state index contributed by atoms with van der Waals surface area (Å²) in [5.41, 5.74) is 6.90. The molecule has 6 heteroatoms. The lowest BCUT2D eigenvalue weighted by Gasteiger charge is -2.26. The van der Waals surface area contributed by atoms with E-state index in [1.807, 2.05) is 0 Å². The van der Waals surface area contributed by atoms with Crippen LogP contribution in [0.5, 0.6) is 0 Å². The van der Waals surface area contributed by atoms with Crippen molar-refractivity contribution in [2.75, 3.05) is 30.3 Å². The van der Waals surface area contributed by atoms with Gasteiger partial charge in [-0.25, -0.2) is 4.79 Å². The number of rotatable bonds is 3. The Balaban J connectivity index is 2.16. The highest BCUT2D eigenvalue weighted by atomic mass is 32.2. The van der Waals surface area contributed by atoms with Crippen molar-refractivity contribution in [1.82, 2.24) is 4.90 Å². The summed E-state index contributed by atoms with van der Waals surface area (Å²) in [6, 6.07) is 5.14. The molecule has 0 aromatic heterocycles. The zero-order chi connectivity index (χ0) is 13.1. The molecule has 0 aliphatic carbocycles. The molecular weight excluding hydrogens is 252 g/mol. The maximum absolute atomic E-state index is 11.3. The lowest BCUT2D eigenvalue weighted by atomic mass is 10.0. The molecule has 0 radical (unpaired) electrons. The van der Waals surface area contributed by atoms with E-state index in [0.29, 0.717) is 23.7 Å². The first kappa shape index (κ1) is 13.0. The number of nitrogens with zero attached hydrogens (tertiary/aromatic N) is 1. The van der Waals surface area contributed by atoms with E-state index in [1.54, 1.807) is 18.2 Å². The molecule has 1 saturated heterocycles. The molecule has 1 aromatic carbocycles. The van der Waals surface area contributed by atoms with E-state index in [9.17, 15) is 14.1 Å². The maximum atomic E-state index is 11.3. The monoisotopic (exact) mass is 268 g/mol. The SMILES string of the molecule is Nc1cccc(CN2CCS(=O)CC2)c1C(=O)O. The van der Waals surface area contributed by atoms with Crippen LogP contribution < -0.4 is 5.73 Å². The van der Waals surface area contributed by atoms with E-state index in [2.05, 4.69) is 4.90 Å². The molecule has 0 atom stereocenters. The van der Waals surface area contributed by atoms with Crippen LogP contribution in [0.3, 0.4) is 0 Å². The number of nitrogens with two attached hydrogens (primary N) is 1. The standard InChI is InChI=1S/C12H16N2O3S/c13-10-3-1-2-9(11(10)12(15)16)8-14-4-6-18(17)7-5-14/h1-3H,4-8,13H2,(H,15,16). The molecular formula is C12H16N2O3S. The first-order chi connectivity index (χ1) is 8.58. The zero-order valence-corrected chi connectivity index (χ0v) is 10.8. The van der Waals surface area contributed by atoms with Crippen LogP contribution in [-0.2, 0) is 17.3 Å². The molecule has 0 unspecified atom stereocenters. The van der Waals surface area contributed by atoms with Crippen LogP contribution in [0.25, 0.3) is 0 Å². The van der Waals surface area contributed by atoms with Crippen molar-refractivity contribution >= 4 is 22.5 Å². The van der Waals surface area contributed by atoms with Crippen LogP contribution in [0.2, 0.25) is 0 Å². The van der Waals surface area contributed by atoms with Crippen molar-refractivity contribution in [2.24, 2.45) is 0 Å². The summed E-state index contributed by atoms with van der Waals surface area (Å²) in [7, 11) is -0.720. The molecule has 1 heterocycles. The zero-order valence-electron chi connectivity index (χ0n) is 9.96. The molecule has 1 fully saturated rings. The summed E-state index contributed by atoms with van der Waals surface area (Å²) < 4.78 is 11.3. The Hall–Kier alpha value is -1.40. The van der Waals surface area contributed by atoms with Gasteiger partial charge in [0.15, 0.2) is 0 Å². The fourth-order valence-electron chi connectivity index (χ4n) is 2.09. The minimum Gasteiger partial charge on any atom is -0.478 e. The third kappa shape index (κ3) is 2.88. The van der Waals surface area contributed by atoms with Crippen molar-refractivity contribution in [3.05, 3.63) is 29.3 Å². The van der Waals surface area contributed by atoms with Crippen molar-refractivity contribution in [1.29, 1.82) is 0 Å². The number of anilines is 1. The van der Waals surface area contributed by atoms with Gasteiger partial charge in [-0.2, -0.15) is 0 Å². The number of carboxylic acid groups (broad SMARTS) is 1. The average Bonchev–Trinajstić information content (AvgIpc) is 2.32. The number of aromatic carboxylic acids is 1. The van der Waals surface area contributed by atoms with Gasteiger partial charge < -0.3 is 10.8 Å². The number of nitrogen functional groups attached to an aromatic ring is 1. The predicted molar refractivity (Wildman–Crippen MR) is 71.0 cm³/mol. The lowest BCUT2D eigenvalue weighted by molar-refractivity contribution is 0.0695. The second-order valence-electron chi connectivity index (χ2n) is 4.31. The number of benzene rings is 1. The first-order valence-corrected chi connectivity index (χ1v) is 7.24. The fourth-order valence-corrected chi connectivity index (χ4v) is 3.22. The summed E-state index contributed by atoms with van der Waals surface area (Å²) in [4.78, 5) is 13.3. The van der Waals surface area contributed by atoms with Crippen LogP contribution in [-0.4, -0.2) is 44.8 Å². The van der Waals surface area contributed by atoms with Gasteiger partial charge in [-0.15, -0.1) is 0 Å². The first-order valence-electron chi connectivity index (χ1n) is 5.76. The van der Waals surface area contributed by atoms with Crippen molar-refractivity contribution in [3.63, 3.8) is 0 Å². The molecule has 0 bridgehead atoms. The summed E-state index contributed by atoms with van der Waals surface area (Å²) in [5.74, 6) is 0.318. The van der Waals surface area contributed by atoms with Gasteiger partial charge in [-0.3, -0.25) is 9.11 Å². The highest BCUT2D eigenvalue weighted by Gasteiger charge is 2.19. The second-order valence-corrected chi connectivity index (χ2v) is 6.01. The molecule has 2 rings (SSSR count). The predicted octanol–water partition coefficient (Wildman–Crippen LogP) is 0.531. The van der Waals surface area contributed by atoms with Gasteiger partial charge in [0.05, 0.1) is 5.56 Å². The van der Waals surface area contributed by atoms with Crippen molar-refractivity contribution < 1.29 is 14.1 Å². The van der Waals surface area contributed by atoms with E-state index in [4.69, 9.17) is 5.73 Å². The third-order valence-corrected chi connectivity index (χ3v) is 4.34. The van der Waals surface area contributed by atoms with Gasteiger partial charge in [0.25, 0.3) is 0 Å². The van der Waals surface area contributed by atoms with Crippen LogP contribution in [0.15, 0.2) is 18.2 Å². The van der Waals surface area contributed by atoms with Crippen LogP contribution in [0, 0.1) is 0 Å². The molecule has 1 aromatic rings. The van der Waals surface area contributed by atoms with E-state index >= 15 is 0 Å². The number of hydrogen-bond acceptors (Lipinski definition) is 4. The molecule has 5 nitrogen and oxygen atoms in total. The third-order valence-electron chi connectivity index (χ3n) is 3.06. The molecule has 0 saturated carbocycles. The van der Waals surface area contributed by atoms with Gasteiger partial charge in [0.2, 0.25) is 0 Å². The Labute approximate surface area is 108 Å². The van der Waals surface area contributed by atoms with E-state index in [0.717, 1.165) is 18.7 Å². The van der Waals surface area contributed by atoms with Gasteiger partial charge >= 0.3 is 5.97 Å². The van der Waals surface area contributed by atoms with Crippen molar-refractivity contribution in [2.45, 2.75) is 6.54 Å². The van der Waals surface area contributed by atoms with Crippen LogP contribution in [0.4, 0.5) is 5.69 Å². The molecule has 1 aliphatic heterocycles. The summed E-state index contributed by atoms with van der Waals surface area (Å²) in [6.45, 7) is 2.02. The van der Waals surface area contributed by atoms with E-state index in [1.165, 1.54) is 0 Å². The Kier molecular flexibility index (Phi) is 3.98. The molecule has 98 valence electrons. The van der Waals surface area contributed by atoms with Gasteiger partial charge in [-0.1, -0.05) is 12.1 Å². The maximum Gasteiger partial charge on any atom is 0.338 e. The molecule has 0 amide bonds. The fraction of sp³-hybridized carbons (Fsp3) is 0.417. The number of carbonyl (C=O) groups is 1. The molecule has 18 heavy (non-hydrogen) atoms. The lowest BCUT2D eigenvalue weighted by Crippen LogP contribution is -2.37. The molecule has 1 aliphatic rings. The Morgan fingerprint density at radius 2 is 2.06 bits per heavy atom. The Bertz CT molecular complexity index is 480. The largest absolute Gasteiger partial charge is 0.478 e. The summed E-state index contributed by atoms with van der Waals surface area (Å²) >= 11 is 0.